The summed E-state index contributed by atoms with van der Waals surface area (Å²) in [5, 5.41) is 10.4. The average molecular weight is 282 g/mol. The van der Waals surface area contributed by atoms with Crippen molar-refractivity contribution in [1.29, 1.82) is 0 Å². The number of aliphatic hydroxyl groups is 1. The highest BCUT2D eigenvalue weighted by atomic mass is 16.3. The molecule has 1 aliphatic heterocycles. The first-order chi connectivity index (χ1) is 9.51. The Labute approximate surface area is 125 Å². The third-order valence-corrected chi connectivity index (χ3v) is 5.59. The number of likely N-dealkylation sites (N-methyl/N-ethyl adjacent to an activating group) is 2. The molecule has 5 atom stereocenters. The van der Waals surface area contributed by atoms with E-state index in [0.29, 0.717) is 17.8 Å². The van der Waals surface area contributed by atoms with Crippen LogP contribution in [0.25, 0.3) is 0 Å². The summed E-state index contributed by atoms with van der Waals surface area (Å²) in [4.78, 5) is 5.08. The second-order valence-corrected chi connectivity index (χ2v) is 7.43. The summed E-state index contributed by atoms with van der Waals surface area (Å²) in [6.45, 7) is 11.5. The van der Waals surface area contributed by atoms with Gasteiger partial charge in [-0.15, -0.1) is 0 Å². The Bertz CT molecular complexity index is 285. The Hall–Kier alpha value is -0.120. The lowest BCUT2D eigenvalue weighted by Gasteiger charge is -2.39. The van der Waals surface area contributed by atoms with Crippen molar-refractivity contribution in [3.05, 3.63) is 0 Å². The second-order valence-electron chi connectivity index (χ2n) is 7.43. The number of hydrogen-bond acceptors (Lipinski definition) is 3. The fourth-order valence-corrected chi connectivity index (χ4v) is 4.49. The van der Waals surface area contributed by atoms with Crippen molar-refractivity contribution in [1.82, 2.24) is 9.80 Å². The lowest BCUT2D eigenvalue weighted by atomic mass is 9.73. The van der Waals surface area contributed by atoms with Crippen LogP contribution >= 0.6 is 0 Å². The van der Waals surface area contributed by atoms with Crippen molar-refractivity contribution in [2.75, 3.05) is 33.2 Å². The molecule has 20 heavy (non-hydrogen) atoms. The highest BCUT2D eigenvalue weighted by molar-refractivity contribution is 4.86. The number of likely N-dealkylation sites (tertiary alicyclic amines) is 1. The van der Waals surface area contributed by atoms with Gasteiger partial charge in [0.05, 0.1) is 6.10 Å². The predicted molar refractivity (Wildman–Crippen MR) is 84.8 cm³/mol. The van der Waals surface area contributed by atoms with Crippen LogP contribution in [0.1, 0.15) is 46.5 Å². The van der Waals surface area contributed by atoms with Crippen LogP contribution in [0, 0.1) is 17.8 Å². The molecule has 0 amide bonds. The smallest absolute Gasteiger partial charge is 0.0585 e. The predicted octanol–water partition coefficient (Wildman–Crippen LogP) is 2.45. The second kappa shape index (κ2) is 7.24. The molecule has 0 bridgehead atoms. The maximum absolute atomic E-state index is 10.4. The molecule has 2 fully saturated rings. The molecule has 1 N–H and O–H groups in total. The quantitative estimate of drug-likeness (QED) is 0.839. The lowest BCUT2D eigenvalue weighted by molar-refractivity contribution is -0.000892. The minimum Gasteiger partial charge on any atom is -0.393 e. The largest absolute Gasteiger partial charge is 0.393 e. The van der Waals surface area contributed by atoms with Gasteiger partial charge in [0.2, 0.25) is 0 Å². The van der Waals surface area contributed by atoms with E-state index < -0.39 is 0 Å². The summed E-state index contributed by atoms with van der Waals surface area (Å²) in [6, 6.07) is 0.736. The van der Waals surface area contributed by atoms with E-state index in [1.807, 2.05) is 0 Å². The maximum Gasteiger partial charge on any atom is 0.0585 e. The molecule has 0 aromatic carbocycles. The molecule has 0 spiro atoms. The van der Waals surface area contributed by atoms with E-state index in [4.69, 9.17) is 0 Å². The normalized spacial score (nSPS) is 39.6. The van der Waals surface area contributed by atoms with E-state index in [9.17, 15) is 5.11 Å². The Morgan fingerprint density at radius 3 is 2.60 bits per heavy atom. The Balaban J connectivity index is 1.83. The van der Waals surface area contributed by atoms with Gasteiger partial charge < -0.3 is 10.0 Å². The lowest BCUT2D eigenvalue weighted by Crippen LogP contribution is -2.45. The molecular weight excluding hydrogens is 248 g/mol. The number of rotatable bonds is 5. The van der Waals surface area contributed by atoms with Gasteiger partial charge in [-0.2, -0.15) is 0 Å². The van der Waals surface area contributed by atoms with Crippen molar-refractivity contribution >= 4 is 0 Å². The fourth-order valence-electron chi connectivity index (χ4n) is 4.49. The van der Waals surface area contributed by atoms with Crippen LogP contribution in [0.15, 0.2) is 0 Å². The number of aliphatic hydroxyl groups excluding tert-OH is 1. The topological polar surface area (TPSA) is 26.7 Å². The molecule has 0 aromatic heterocycles. The van der Waals surface area contributed by atoms with Gasteiger partial charge in [0, 0.05) is 25.0 Å². The van der Waals surface area contributed by atoms with E-state index in [-0.39, 0.29) is 6.10 Å². The zero-order valence-corrected chi connectivity index (χ0v) is 13.9. The Morgan fingerprint density at radius 2 is 1.95 bits per heavy atom. The molecule has 1 heterocycles. The SMILES string of the molecule is CCN1CCCC1CN(C)CC1C(C)CC(C)CC1O. The molecule has 3 nitrogen and oxygen atoms in total. The summed E-state index contributed by atoms with van der Waals surface area (Å²) in [7, 11) is 2.24. The van der Waals surface area contributed by atoms with Gasteiger partial charge in [-0.1, -0.05) is 20.8 Å². The van der Waals surface area contributed by atoms with E-state index in [0.717, 1.165) is 19.0 Å². The van der Waals surface area contributed by atoms with Gasteiger partial charge in [-0.25, -0.2) is 0 Å². The summed E-state index contributed by atoms with van der Waals surface area (Å²) in [6.07, 6.45) is 4.87. The van der Waals surface area contributed by atoms with Crippen LogP contribution in [0.5, 0.6) is 0 Å². The number of nitrogens with zero attached hydrogens (tertiary/aromatic N) is 2. The summed E-state index contributed by atoms with van der Waals surface area (Å²) in [5.74, 6) is 1.81. The highest BCUT2D eigenvalue weighted by Gasteiger charge is 2.34. The first-order valence-electron chi connectivity index (χ1n) is 8.61. The van der Waals surface area contributed by atoms with Crippen LogP contribution < -0.4 is 0 Å². The zero-order valence-electron chi connectivity index (χ0n) is 13.9. The van der Waals surface area contributed by atoms with Crippen molar-refractivity contribution in [2.45, 2.75) is 58.6 Å². The van der Waals surface area contributed by atoms with Gasteiger partial charge in [-0.05, 0) is 57.7 Å². The van der Waals surface area contributed by atoms with Gasteiger partial charge >= 0.3 is 0 Å². The molecule has 2 rings (SSSR count). The minimum atomic E-state index is -0.0953. The maximum atomic E-state index is 10.4. The Morgan fingerprint density at radius 1 is 1.20 bits per heavy atom. The number of hydrogen-bond donors (Lipinski definition) is 1. The molecule has 2 aliphatic rings. The van der Waals surface area contributed by atoms with Gasteiger partial charge in [-0.3, -0.25) is 4.90 Å². The first kappa shape index (κ1) is 16.3. The molecule has 1 aliphatic carbocycles. The van der Waals surface area contributed by atoms with Crippen molar-refractivity contribution in [2.24, 2.45) is 17.8 Å². The minimum absolute atomic E-state index is 0.0953. The summed E-state index contributed by atoms with van der Waals surface area (Å²) < 4.78 is 0. The third-order valence-electron chi connectivity index (χ3n) is 5.59. The molecule has 1 saturated heterocycles. The molecular formula is C17H34N2O. The molecule has 118 valence electrons. The van der Waals surface area contributed by atoms with Crippen LogP contribution in [0.4, 0.5) is 0 Å². The monoisotopic (exact) mass is 282 g/mol. The van der Waals surface area contributed by atoms with Crippen LogP contribution in [0.2, 0.25) is 0 Å². The van der Waals surface area contributed by atoms with E-state index in [2.05, 4.69) is 37.6 Å². The van der Waals surface area contributed by atoms with Gasteiger partial charge in [0.15, 0.2) is 0 Å². The molecule has 3 heteroatoms. The standard InChI is InChI=1S/C17H34N2O/c1-5-19-8-6-7-15(19)11-18(4)12-16-14(3)9-13(2)10-17(16)20/h13-17,20H,5-12H2,1-4H3. The van der Waals surface area contributed by atoms with E-state index >= 15 is 0 Å². The average Bonchev–Trinajstić information content (AvgIpc) is 2.81. The first-order valence-corrected chi connectivity index (χ1v) is 8.61. The molecule has 0 aromatic rings. The molecule has 1 saturated carbocycles. The van der Waals surface area contributed by atoms with E-state index in [1.165, 1.54) is 38.9 Å². The molecule has 0 radical (unpaired) electrons. The molecule has 5 unspecified atom stereocenters. The van der Waals surface area contributed by atoms with E-state index in [1.54, 1.807) is 0 Å². The van der Waals surface area contributed by atoms with Crippen LogP contribution in [-0.4, -0.2) is 60.3 Å². The Kier molecular flexibility index (Phi) is 5.88. The summed E-state index contributed by atoms with van der Waals surface area (Å²) in [5.41, 5.74) is 0. The summed E-state index contributed by atoms with van der Waals surface area (Å²) >= 11 is 0. The van der Waals surface area contributed by atoms with Crippen molar-refractivity contribution in [3.8, 4) is 0 Å². The highest BCUT2D eigenvalue weighted by Crippen LogP contribution is 2.34. The van der Waals surface area contributed by atoms with Crippen LogP contribution in [0.3, 0.4) is 0 Å². The van der Waals surface area contributed by atoms with Crippen molar-refractivity contribution in [3.63, 3.8) is 0 Å². The van der Waals surface area contributed by atoms with Gasteiger partial charge in [0.1, 0.15) is 0 Å². The van der Waals surface area contributed by atoms with Crippen LogP contribution in [-0.2, 0) is 0 Å². The van der Waals surface area contributed by atoms with Crippen molar-refractivity contribution < 1.29 is 5.11 Å². The van der Waals surface area contributed by atoms with Gasteiger partial charge in [0.25, 0.3) is 0 Å². The third kappa shape index (κ3) is 3.96. The fraction of sp³-hybridized carbons (Fsp3) is 1.00. The zero-order chi connectivity index (χ0) is 14.7.